The molecule has 1 aromatic rings. The maximum Gasteiger partial charge on any atom is 0.244 e. The second kappa shape index (κ2) is 5.56. The van der Waals surface area contributed by atoms with E-state index in [4.69, 9.17) is 0 Å². The molecule has 19 heavy (non-hydrogen) atoms. The molecule has 1 aromatic carbocycles. The fraction of sp³-hybridized carbons (Fsp3) is 0.538. The summed E-state index contributed by atoms with van der Waals surface area (Å²) in [6.45, 7) is 4.42. The number of hydrogen-bond acceptors (Lipinski definition) is 3. The summed E-state index contributed by atoms with van der Waals surface area (Å²) in [5.41, 5.74) is 0.420. The second-order valence-corrected chi connectivity index (χ2v) is 6.65. The molecule has 1 aliphatic rings. The quantitative estimate of drug-likeness (QED) is 0.886. The van der Waals surface area contributed by atoms with Crippen LogP contribution in [0.5, 0.6) is 0 Å². The van der Waals surface area contributed by atoms with E-state index in [-0.39, 0.29) is 17.0 Å². The lowest BCUT2D eigenvalue weighted by molar-refractivity contribution is 0.348. The van der Waals surface area contributed by atoms with Crippen molar-refractivity contribution in [3.8, 4) is 0 Å². The van der Waals surface area contributed by atoms with Gasteiger partial charge in [0.15, 0.2) is 0 Å². The van der Waals surface area contributed by atoms with E-state index in [1.165, 1.54) is 12.1 Å². The molecule has 2 unspecified atom stereocenters. The number of piperidine rings is 1. The van der Waals surface area contributed by atoms with Gasteiger partial charge in [-0.15, -0.1) is 0 Å². The van der Waals surface area contributed by atoms with Gasteiger partial charge in [-0.3, -0.25) is 0 Å². The summed E-state index contributed by atoms with van der Waals surface area (Å²) in [5.74, 6) is -0.705. The van der Waals surface area contributed by atoms with Crippen LogP contribution < -0.4 is 10.0 Å². The maximum atomic E-state index is 13.8. The molecule has 0 bridgehead atoms. The summed E-state index contributed by atoms with van der Waals surface area (Å²) in [5, 5.41) is 3.21. The first-order valence-corrected chi connectivity index (χ1v) is 7.91. The summed E-state index contributed by atoms with van der Waals surface area (Å²) >= 11 is 0. The molecule has 0 amide bonds. The van der Waals surface area contributed by atoms with Gasteiger partial charge >= 0.3 is 0 Å². The van der Waals surface area contributed by atoms with Crippen LogP contribution in [-0.2, 0) is 10.0 Å². The number of aryl methyl sites for hydroxylation is 1. The van der Waals surface area contributed by atoms with Crippen LogP contribution in [0.3, 0.4) is 0 Å². The van der Waals surface area contributed by atoms with Crippen LogP contribution in [-0.4, -0.2) is 27.0 Å². The Morgan fingerprint density at radius 2 is 2.16 bits per heavy atom. The largest absolute Gasteiger partial charge is 0.313 e. The van der Waals surface area contributed by atoms with Crippen LogP contribution in [0, 0.1) is 12.7 Å². The fourth-order valence-corrected chi connectivity index (χ4v) is 4.08. The molecule has 4 nitrogen and oxygen atoms in total. The second-order valence-electron chi connectivity index (χ2n) is 5.00. The normalized spacial score (nSPS) is 24.4. The van der Waals surface area contributed by atoms with Crippen molar-refractivity contribution >= 4 is 10.0 Å². The molecular formula is C13H19FN2O2S. The Kier molecular flexibility index (Phi) is 4.23. The first kappa shape index (κ1) is 14.4. The van der Waals surface area contributed by atoms with Gasteiger partial charge in [0.25, 0.3) is 0 Å². The van der Waals surface area contributed by atoms with Gasteiger partial charge in [0, 0.05) is 12.1 Å². The van der Waals surface area contributed by atoms with Gasteiger partial charge < -0.3 is 5.32 Å². The standard InChI is InChI=1S/C13H19FN2O2S/c1-9-5-3-6-11(14)13(9)19(17,18)16-12-7-4-8-15-10(12)2/h3,5-6,10,12,15-16H,4,7-8H2,1-2H3. The number of hydrogen-bond donors (Lipinski definition) is 2. The third kappa shape index (κ3) is 3.13. The smallest absolute Gasteiger partial charge is 0.244 e. The monoisotopic (exact) mass is 286 g/mol. The average Bonchev–Trinajstić information content (AvgIpc) is 2.31. The Balaban J connectivity index is 2.27. The minimum Gasteiger partial charge on any atom is -0.313 e. The molecule has 6 heteroatoms. The summed E-state index contributed by atoms with van der Waals surface area (Å²) < 4.78 is 41.0. The van der Waals surface area contributed by atoms with Gasteiger partial charge in [-0.05, 0) is 44.9 Å². The molecular weight excluding hydrogens is 267 g/mol. The summed E-state index contributed by atoms with van der Waals surface area (Å²) in [7, 11) is -3.82. The molecule has 0 radical (unpaired) electrons. The van der Waals surface area contributed by atoms with Crippen molar-refractivity contribution < 1.29 is 12.8 Å². The minimum atomic E-state index is -3.82. The van der Waals surface area contributed by atoms with E-state index >= 15 is 0 Å². The van der Waals surface area contributed by atoms with Gasteiger partial charge in [0.2, 0.25) is 10.0 Å². The van der Waals surface area contributed by atoms with Crippen molar-refractivity contribution in [2.24, 2.45) is 0 Å². The van der Waals surface area contributed by atoms with Crippen molar-refractivity contribution in [1.82, 2.24) is 10.0 Å². The summed E-state index contributed by atoms with van der Waals surface area (Å²) in [6, 6.07) is 4.13. The van der Waals surface area contributed by atoms with Gasteiger partial charge in [-0.25, -0.2) is 17.5 Å². The van der Waals surface area contributed by atoms with Crippen LogP contribution in [0.25, 0.3) is 0 Å². The molecule has 1 fully saturated rings. The minimum absolute atomic E-state index is 0.0515. The highest BCUT2D eigenvalue weighted by Gasteiger charge is 2.29. The molecule has 2 N–H and O–H groups in total. The molecule has 106 valence electrons. The molecule has 2 rings (SSSR count). The highest BCUT2D eigenvalue weighted by molar-refractivity contribution is 7.89. The van der Waals surface area contributed by atoms with Crippen LogP contribution in [0.15, 0.2) is 23.1 Å². The maximum absolute atomic E-state index is 13.8. The highest BCUT2D eigenvalue weighted by Crippen LogP contribution is 2.20. The third-order valence-corrected chi connectivity index (χ3v) is 5.17. The first-order valence-electron chi connectivity index (χ1n) is 6.42. The van der Waals surface area contributed by atoms with Crippen LogP contribution in [0.2, 0.25) is 0 Å². The van der Waals surface area contributed by atoms with Gasteiger partial charge in [-0.2, -0.15) is 0 Å². The van der Waals surface area contributed by atoms with E-state index in [2.05, 4.69) is 10.0 Å². The summed E-state index contributed by atoms with van der Waals surface area (Å²) in [6.07, 6.45) is 1.68. The van der Waals surface area contributed by atoms with Crippen molar-refractivity contribution in [3.05, 3.63) is 29.6 Å². The van der Waals surface area contributed by atoms with Crippen molar-refractivity contribution in [1.29, 1.82) is 0 Å². The van der Waals surface area contributed by atoms with E-state index in [9.17, 15) is 12.8 Å². The van der Waals surface area contributed by atoms with E-state index in [1.807, 2.05) is 6.92 Å². The number of sulfonamides is 1. The fourth-order valence-electron chi connectivity index (χ4n) is 2.42. The Morgan fingerprint density at radius 3 is 2.79 bits per heavy atom. The molecule has 1 heterocycles. The molecule has 0 aliphatic carbocycles. The number of nitrogens with one attached hydrogen (secondary N) is 2. The van der Waals surface area contributed by atoms with Crippen LogP contribution in [0.4, 0.5) is 4.39 Å². The Morgan fingerprint density at radius 1 is 1.42 bits per heavy atom. The van der Waals surface area contributed by atoms with Crippen LogP contribution in [0.1, 0.15) is 25.3 Å². The third-order valence-electron chi connectivity index (χ3n) is 3.50. The first-order chi connectivity index (χ1) is 8.92. The summed E-state index contributed by atoms with van der Waals surface area (Å²) in [4.78, 5) is -0.243. The van der Waals surface area contributed by atoms with E-state index in [1.54, 1.807) is 13.0 Å². The molecule has 1 aliphatic heterocycles. The predicted molar refractivity (Wildman–Crippen MR) is 71.9 cm³/mol. The lowest BCUT2D eigenvalue weighted by Crippen LogP contribution is -2.51. The van der Waals surface area contributed by atoms with Crippen LogP contribution >= 0.6 is 0 Å². The Bertz CT molecular complexity index is 540. The highest BCUT2D eigenvalue weighted by atomic mass is 32.2. The van der Waals surface area contributed by atoms with Gasteiger partial charge in [0.05, 0.1) is 0 Å². The molecule has 0 spiro atoms. The molecule has 0 aromatic heterocycles. The lowest BCUT2D eigenvalue weighted by Gasteiger charge is -2.30. The van der Waals surface area contributed by atoms with Gasteiger partial charge in [-0.1, -0.05) is 12.1 Å². The lowest BCUT2D eigenvalue weighted by atomic mass is 10.0. The zero-order chi connectivity index (χ0) is 14.0. The zero-order valence-corrected chi connectivity index (χ0v) is 11.9. The SMILES string of the molecule is Cc1cccc(F)c1S(=O)(=O)NC1CCCNC1C. The van der Waals surface area contributed by atoms with Gasteiger partial charge in [0.1, 0.15) is 10.7 Å². The number of benzene rings is 1. The van der Waals surface area contributed by atoms with Crippen molar-refractivity contribution in [3.63, 3.8) is 0 Å². The Labute approximate surface area is 113 Å². The Hall–Kier alpha value is -0.980. The topological polar surface area (TPSA) is 58.2 Å². The molecule has 1 saturated heterocycles. The number of halogens is 1. The van der Waals surface area contributed by atoms with E-state index in [0.29, 0.717) is 5.56 Å². The van der Waals surface area contributed by atoms with Crippen molar-refractivity contribution in [2.45, 2.75) is 43.7 Å². The number of rotatable bonds is 3. The molecule has 2 atom stereocenters. The zero-order valence-electron chi connectivity index (χ0n) is 11.1. The van der Waals surface area contributed by atoms with E-state index in [0.717, 1.165) is 19.4 Å². The average molecular weight is 286 g/mol. The molecule has 0 saturated carbocycles. The predicted octanol–water partition coefficient (Wildman–Crippen LogP) is 1.55. The van der Waals surface area contributed by atoms with E-state index < -0.39 is 15.8 Å². The van der Waals surface area contributed by atoms with Crippen molar-refractivity contribution in [2.75, 3.05) is 6.54 Å².